The number of rotatable bonds is 1. The molecular weight excluding hydrogens is 114 g/mol. The van der Waals surface area contributed by atoms with Crippen LogP contribution in [0.15, 0.2) is 4.99 Å². The third-order valence-corrected chi connectivity index (χ3v) is 0.878. The molecule has 0 aliphatic carbocycles. The Morgan fingerprint density at radius 1 is 1.11 bits per heavy atom. The zero-order chi connectivity index (χ0) is 7.44. The third-order valence-electron chi connectivity index (χ3n) is 0.878. The van der Waals surface area contributed by atoms with Gasteiger partial charge in [0, 0.05) is 5.71 Å². The minimum Gasteiger partial charge on any atom is -0.304 e. The maximum absolute atomic E-state index is 7.07. The second-order valence-corrected chi connectivity index (χ2v) is 1.91. The van der Waals surface area contributed by atoms with Gasteiger partial charge >= 0.3 is 0 Å². The molecule has 0 aromatic heterocycles. The van der Waals surface area contributed by atoms with Crippen LogP contribution in [0.2, 0.25) is 0 Å². The van der Waals surface area contributed by atoms with E-state index in [0.717, 1.165) is 0 Å². The Morgan fingerprint density at radius 2 is 1.56 bits per heavy atom. The van der Waals surface area contributed by atoms with Crippen LogP contribution in [0.4, 0.5) is 0 Å². The first kappa shape index (κ1) is 8.01. The van der Waals surface area contributed by atoms with Crippen molar-refractivity contribution >= 4 is 17.3 Å². The molecule has 0 aromatic rings. The molecule has 0 saturated carbocycles. The highest BCUT2D eigenvalue weighted by atomic mass is 14.8. The van der Waals surface area contributed by atoms with E-state index in [1.165, 1.54) is 0 Å². The molecule has 0 unspecified atom stereocenters. The van der Waals surface area contributed by atoms with E-state index in [4.69, 9.17) is 10.8 Å². The highest BCUT2D eigenvalue weighted by molar-refractivity contribution is 6.40. The summed E-state index contributed by atoms with van der Waals surface area (Å²) < 4.78 is 0. The van der Waals surface area contributed by atoms with Crippen LogP contribution < -0.4 is 0 Å². The first-order chi connectivity index (χ1) is 4.04. The molecule has 3 heteroatoms. The van der Waals surface area contributed by atoms with Crippen LogP contribution in [0.3, 0.4) is 0 Å². The Labute approximate surface area is 54.8 Å². The smallest absolute Gasteiger partial charge is 0.117 e. The van der Waals surface area contributed by atoms with Gasteiger partial charge in [-0.15, -0.1) is 0 Å². The highest BCUT2D eigenvalue weighted by Crippen LogP contribution is 1.81. The lowest BCUT2D eigenvalue weighted by Crippen LogP contribution is -2.05. The topological polar surface area (TPSA) is 60.1 Å². The van der Waals surface area contributed by atoms with Crippen molar-refractivity contribution < 1.29 is 0 Å². The van der Waals surface area contributed by atoms with Gasteiger partial charge in [0.2, 0.25) is 0 Å². The molecule has 50 valence electrons. The van der Waals surface area contributed by atoms with E-state index in [2.05, 4.69) is 4.99 Å². The molecule has 0 bridgehead atoms. The van der Waals surface area contributed by atoms with Crippen LogP contribution in [0.5, 0.6) is 0 Å². The summed E-state index contributed by atoms with van der Waals surface area (Å²) in [6.07, 6.45) is 0. The molecule has 0 radical (unpaired) electrons. The molecule has 0 spiro atoms. The second-order valence-electron chi connectivity index (χ2n) is 1.91. The van der Waals surface area contributed by atoms with Crippen molar-refractivity contribution in [3.05, 3.63) is 0 Å². The molecule has 0 fully saturated rings. The molecule has 9 heavy (non-hydrogen) atoms. The van der Waals surface area contributed by atoms with E-state index < -0.39 is 0 Å². The Hall–Kier alpha value is -0.990. The molecule has 0 heterocycles. The van der Waals surface area contributed by atoms with E-state index in [1.54, 1.807) is 20.8 Å². The Morgan fingerprint density at radius 3 is 1.67 bits per heavy atom. The predicted octanol–water partition coefficient (Wildman–Crippen LogP) is 1.48. The van der Waals surface area contributed by atoms with E-state index in [0.29, 0.717) is 11.4 Å². The van der Waals surface area contributed by atoms with Gasteiger partial charge in [0.15, 0.2) is 0 Å². The first-order valence-electron chi connectivity index (χ1n) is 2.70. The maximum atomic E-state index is 7.07. The van der Waals surface area contributed by atoms with Gasteiger partial charge in [-0.05, 0) is 20.8 Å². The van der Waals surface area contributed by atoms with Gasteiger partial charge in [-0.25, -0.2) is 4.99 Å². The van der Waals surface area contributed by atoms with Crippen molar-refractivity contribution in [3.63, 3.8) is 0 Å². The first-order valence-corrected chi connectivity index (χ1v) is 2.70. The van der Waals surface area contributed by atoms with Crippen molar-refractivity contribution in [2.75, 3.05) is 0 Å². The average Bonchev–Trinajstić information content (AvgIpc) is 1.63. The van der Waals surface area contributed by atoms with Crippen molar-refractivity contribution in [3.8, 4) is 0 Å². The summed E-state index contributed by atoms with van der Waals surface area (Å²) in [6.45, 7) is 4.97. The number of hydrogen-bond acceptors (Lipinski definition) is 2. The largest absolute Gasteiger partial charge is 0.304 e. The molecule has 0 amide bonds. The molecule has 0 aliphatic heterocycles. The average molecular weight is 125 g/mol. The summed E-state index contributed by atoms with van der Waals surface area (Å²) in [5.74, 6) is 0.249. The van der Waals surface area contributed by atoms with Crippen molar-refractivity contribution in [1.82, 2.24) is 0 Å². The molecular formula is C6H11N3. The zero-order valence-electron chi connectivity index (χ0n) is 5.95. The lowest BCUT2D eigenvalue weighted by atomic mass is 10.3. The number of hydrogen-bond donors (Lipinski definition) is 2. The SMILES string of the molecule is CC(=N)/N=C(/C)C(C)=N. The molecule has 3 nitrogen and oxygen atoms in total. The van der Waals surface area contributed by atoms with Crippen molar-refractivity contribution in [2.24, 2.45) is 4.99 Å². The van der Waals surface area contributed by atoms with Crippen LogP contribution in [0.1, 0.15) is 20.8 Å². The van der Waals surface area contributed by atoms with Crippen LogP contribution in [-0.2, 0) is 0 Å². The summed E-state index contributed by atoms with van der Waals surface area (Å²) in [6, 6.07) is 0. The summed E-state index contributed by atoms with van der Waals surface area (Å²) >= 11 is 0. The van der Waals surface area contributed by atoms with E-state index in [1.807, 2.05) is 0 Å². The summed E-state index contributed by atoms with van der Waals surface area (Å²) in [5.41, 5.74) is 1.03. The third kappa shape index (κ3) is 3.58. The summed E-state index contributed by atoms with van der Waals surface area (Å²) in [4.78, 5) is 3.75. The quantitative estimate of drug-likeness (QED) is 0.394. The zero-order valence-corrected chi connectivity index (χ0v) is 5.95. The fourth-order valence-corrected chi connectivity index (χ4v) is 0.335. The van der Waals surface area contributed by atoms with Crippen LogP contribution in [0.25, 0.3) is 0 Å². The Kier molecular flexibility index (Phi) is 2.78. The monoisotopic (exact) mass is 125 g/mol. The number of amidine groups is 1. The lowest BCUT2D eigenvalue weighted by molar-refractivity contribution is 1.40. The van der Waals surface area contributed by atoms with Gasteiger partial charge in [-0.3, -0.25) is 5.41 Å². The van der Waals surface area contributed by atoms with Gasteiger partial charge in [0.25, 0.3) is 0 Å². The molecule has 0 aromatic carbocycles. The minimum absolute atomic E-state index is 0.249. The second kappa shape index (κ2) is 3.12. The summed E-state index contributed by atoms with van der Waals surface area (Å²) in [5, 5.41) is 14.0. The van der Waals surface area contributed by atoms with Crippen LogP contribution >= 0.6 is 0 Å². The van der Waals surface area contributed by atoms with Crippen LogP contribution in [-0.4, -0.2) is 17.3 Å². The van der Waals surface area contributed by atoms with Crippen LogP contribution in [0, 0.1) is 10.8 Å². The van der Waals surface area contributed by atoms with E-state index in [-0.39, 0.29) is 5.84 Å². The molecule has 0 saturated heterocycles. The van der Waals surface area contributed by atoms with Gasteiger partial charge < -0.3 is 5.41 Å². The van der Waals surface area contributed by atoms with E-state index in [9.17, 15) is 0 Å². The minimum atomic E-state index is 0.249. The van der Waals surface area contributed by atoms with Gasteiger partial charge in [0.05, 0.1) is 5.71 Å². The lowest BCUT2D eigenvalue weighted by Gasteiger charge is -1.92. The fourth-order valence-electron chi connectivity index (χ4n) is 0.335. The number of nitrogens with one attached hydrogen (secondary N) is 2. The normalized spacial score (nSPS) is 11.2. The van der Waals surface area contributed by atoms with Gasteiger partial charge in [-0.1, -0.05) is 0 Å². The molecule has 2 N–H and O–H groups in total. The maximum Gasteiger partial charge on any atom is 0.117 e. The predicted molar refractivity (Wildman–Crippen MR) is 39.9 cm³/mol. The molecule has 0 aliphatic rings. The highest BCUT2D eigenvalue weighted by Gasteiger charge is 1.91. The standard InChI is InChI=1S/C6H11N3/c1-4(7)5(2)9-6(3)8/h7-8H,1-3H3/b7-4?,8-6?,9-5-. The number of aliphatic imine (C=N–C) groups is 1. The Balaban J connectivity index is 4.17. The molecule has 0 rings (SSSR count). The van der Waals surface area contributed by atoms with Gasteiger partial charge in [0.1, 0.15) is 5.84 Å². The van der Waals surface area contributed by atoms with Crippen molar-refractivity contribution in [1.29, 1.82) is 10.8 Å². The van der Waals surface area contributed by atoms with Gasteiger partial charge in [-0.2, -0.15) is 0 Å². The molecule has 0 atom stereocenters. The van der Waals surface area contributed by atoms with Crippen molar-refractivity contribution in [2.45, 2.75) is 20.8 Å². The summed E-state index contributed by atoms with van der Waals surface area (Å²) in [7, 11) is 0. The van der Waals surface area contributed by atoms with E-state index >= 15 is 0 Å². The Bertz CT molecular complexity index is 167. The fraction of sp³-hybridized carbons (Fsp3) is 0.500. The number of nitrogens with zero attached hydrogens (tertiary/aromatic N) is 1.